The predicted molar refractivity (Wildman–Crippen MR) is 50.7 cm³/mol. The fourth-order valence-corrected chi connectivity index (χ4v) is 1.23. The quantitative estimate of drug-likeness (QED) is 0.849. The monoisotopic (exact) mass is 232 g/mol. The Morgan fingerprint density at radius 2 is 2.25 bits per heavy atom. The average Bonchev–Trinajstić information content (AvgIpc) is 1.94. The highest BCUT2D eigenvalue weighted by Gasteiger charge is 2.03. The van der Waals surface area contributed by atoms with E-state index in [0.29, 0.717) is 16.3 Å². The summed E-state index contributed by atoms with van der Waals surface area (Å²) in [6.07, 6.45) is 1.19. The molecule has 4 heteroatoms. The topological polar surface area (TPSA) is 24.9 Å². The molecule has 12 heavy (non-hydrogen) atoms. The van der Waals surface area contributed by atoms with Crippen LogP contribution in [0.15, 0.2) is 16.7 Å². The number of pyridine rings is 1. The zero-order valence-electron chi connectivity index (χ0n) is 6.94. The van der Waals surface area contributed by atoms with Gasteiger partial charge in [0.25, 0.3) is 0 Å². The van der Waals surface area contributed by atoms with Gasteiger partial charge < -0.3 is 5.32 Å². The summed E-state index contributed by atoms with van der Waals surface area (Å²) in [5.74, 6) is 0.336. The van der Waals surface area contributed by atoms with Crippen molar-refractivity contribution in [2.24, 2.45) is 0 Å². The zero-order chi connectivity index (χ0) is 9.14. The molecule has 0 fully saturated rings. The van der Waals surface area contributed by atoms with E-state index in [1.165, 1.54) is 12.3 Å². The van der Waals surface area contributed by atoms with Crippen LogP contribution >= 0.6 is 15.9 Å². The Labute approximate surface area is 79.3 Å². The maximum Gasteiger partial charge on any atom is 0.142 e. The molecule has 0 saturated heterocycles. The molecule has 0 atom stereocenters. The van der Waals surface area contributed by atoms with Gasteiger partial charge in [0.05, 0.1) is 10.7 Å². The third kappa shape index (κ3) is 2.44. The van der Waals surface area contributed by atoms with Crippen LogP contribution in [0.3, 0.4) is 0 Å². The largest absolute Gasteiger partial charge is 0.367 e. The van der Waals surface area contributed by atoms with Gasteiger partial charge in [-0.1, -0.05) is 0 Å². The molecule has 0 bridgehead atoms. The van der Waals surface area contributed by atoms with Gasteiger partial charge in [0.15, 0.2) is 0 Å². The minimum atomic E-state index is -0.337. The zero-order valence-corrected chi connectivity index (χ0v) is 8.52. The standard InChI is InChI=1S/C8H10BrFN2/c1-5(2)12-8-7(9)3-6(10)4-11-8/h3-5H,1-2H3,(H,11,12). The van der Waals surface area contributed by atoms with Crippen LogP contribution in [-0.2, 0) is 0 Å². The fourth-order valence-electron chi connectivity index (χ4n) is 0.794. The number of hydrogen-bond acceptors (Lipinski definition) is 2. The van der Waals surface area contributed by atoms with E-state index in [0.717, 1.165) is 0 Å². The van der Waals surface area contributed by atoms with E-state index in [4.69, 9.17) is 0 Å². The number of anilines is 1. The van der Waals surface area contributed by atoms with Crippen LogP contribution < -0.4 is 5.32 Å². The smallest absolute Gasteiger partial charge is 0.142 e. The molecule has 1 aromatic heterocycles. The third-order valence-electron chi connectivity index (χ3n) is 1.23. The van der Waals surface area contributed by atoms with E-state index in [-0.39, 0.29) is 5.82 Å². The Hall–Kier alpha value is -0.640. The molecular formula is C8H10BrFN2. The van der Waals surface area contributed by atoms with Crippen LogP contribution in [0.1, 0.15) is 13.8 Å². The van der Waals surface area contributed by atoms with E-state index in [2.05, 4.69) is 26.2 Å². The SMILES string of the molecule is CC(C)Nc1ncc(F)cc1Br. The average molecular weight is 233 g/mol. The van der Waals surface area contributed by atoms with Gasteiger partial charge in [0.1, 0.15) is 11.6 Å². The van der Waals surface area contributed by atoms with Crippen LogP contribution in [0.2, 0.25) is 0 Å². The van der Waals surface area contributed by atoms with Crippen molar-refractivity contribution in [1.82, 2.24) is 4.98 Å². The highest BCUT2D eigenvalue weighted by Crippen LogP contribution is 2.20. The first-order valence-electron chi connectivity index (χ1n) is 3.67. The molecule has 0 amide bonds. The molecule has 66 valence electrons. The number of rotatable bonds is 2. The van der Waals surface area contributed by atoms with Crippen molar-refractivity contribution in [2.45, 2.75) is 19.9 Å². The lowest BCUT2D eigenvalue weighted by Gasteiger charge is -2.09. The van der Waals surface area contributed by atoms with E-state index < -0.39 is 0 Å². The third-order valence-corrected chi connectivity index (χ3v) is 1.84. The van der Waals surface area contributed by atoms with Gasteiger partial charge in [0, 0.05) is 6.04 Å². The first-order valence-corrected chi connectivity index (χ1v) is 4.46. The van der Waals surface area contributed by atoms with Gasteiger partial charge in [-0.2, -0.15) is 0 Å². The second-order valence-electron chi connectivity index (χ2n) is 2.78. The molecule has 1 heterocycles. The predicted octanol–water partition coefficient (Wildman–Crippen LogP) is 2.80. The first kappa shape index (κ1) is 9.45. The second kappa shape index (κ2) is 3.85. The highest BCUT2D eigenvalue weighted by molar-refractivity contribution is 9.10. The molecule has 0 radical (unpaired) electrons. The highest BCUT2D eigenvalue weighted by atomic mass is 79.9. The lowest BCUT2D eigenvalue weighted by atomic mass is 10.4. The molecule has 0 unspecified atom stereocenters. The Bertz CT molecular complexity index is 276. The van der Waals surface area contributed by atoms with Gasteiger partial charge in [0.2, 0.25) is 0 Å². The summed E-state index contributed by atoms with van der Waals surface area (Å²) in [5, 5.41) is 3.08. The van der Waals surface area contributed by atoms with Gasteiger partial charge in [-0.05, 0) is 35.8 Å². The summed E-state index contributed by atoms with van der Waals surface area (Å²) >= 11 is 3.21. The normalized spacial score (nSPS) is 10.4. The Balaban J connectivity index is 2.86. The number of nitrogens with one attached hydrogen (secondary N) is 1. The maximum atomic E-state index is 12.6. The van der Waals surface area contributed by atoms with E-state index >= 15 is 0 Å². The molecule has 1 rings (SSSR count). The Kier molecular flexibility index (Phi) is 3.03. The lowest BCUT2D eigenvalue weighted by Crippen LogP contribution is -2.11. The van der Waals surface area contributed by atoms with Crippen LogP contribution in [0, 0.1) is 5.82 Å². The minimum Gasteiger partial charge on any atom is -0.367 e. The number of nitrogens with zero attached hydrogens (tertiary/aromatic N) is 1. The van der Waals surface area contributed by atoms with Gasteiger partial charge >= 0.3 is 0 Å². The summed E-state index contributed by atoms with van der Waals surface area (Å²) in [4.78, 5) is 3.88. The Morgan fingerprint density at radius 1 is 1.58 bits per heavy atom. The van der Waals surface area contributed by atoms with Gasteiger partial charge in [-0.15, -0.1) is 0 Å². The molecule has 0 aliphatic rings. The summed E-state index contributed by atoms with van der Waals surface area (Å²) in [5.41, 5.74) is 0. The summed E-state index contributed by atoms with van der Waals surface area (Å²) in [7, 11) is 0. The van der Waals surface area contributed by atoms with Crippen molar-refractivity contribution in [3.8, 4) is 0 Å². The van der Waals surface area contributed by atoms with E-state index in [1.54, 1.807) is 0 Å². The molecular weight excluding hydrogens is 223 g/mol. The first-order chi connectivity index (χ1) is 5.59. The van der Waals surface area contributed by atoms with E-state index in [9.17, 15) is 4.39 Å². The van der Waals surface area contributed by atoms with E-state index in [1.807, 2.05) is 13.8 Å². The number of halogens is 2. The summed E-state index contributed by atoms with van der Waals surface area (Å²) in [6, 6.07) is 1.68. The van der Waals surface area contributed by atoms with Crippen molar-refractivity contribution in [2.75, 3.05) is 5.32 Å². The molecule has 1 N–H and O–H groups in total. The number of aromatic nitrogens is 1. The maximum absolute atomic E-state index is 12.6. The molecule has 0 aromatic carbocycles. The summed E-state index contributed by atoms with van der Waals surface area (Å²) < 4.78 is 13.2. The van der Waals surface area contributed by atoms with Crippen molar-refractivity contribution in [1.29, 1.82) is 0 Å². The van der Waals surface area contributed by atoms with Crippen LogP contribution in [0.4, 0.5) is 10.2 Å². The van der Waals surface area contributed by atoms with Crippen molar-refractivity contribution < 1.29 is 4.39 Å². The minimum absolute atomic E-state index is 0.291. The molecule has 2 nitrogen and oxygen atoms in total. The lowest BCUT2D eigenvalue weighted by molar-refractivity contribution is 0.620. The number of hydrogen-bond donors (Lipinski definition) is 1. The molecule has 0 spiro atoms. The Morgan fingerprint density at radius 3 is 2.75 bits per heavy atom. The van der Waals surface area contributed by atoms with Crippen LogP contribution in [-0.4, -0.2) is 11.0 Å². The second-order valence-corrected chi connectivity index (χ2v) is 3.64. The van der Waals surface area contributed by atoms with Crippen LogP contribution in [0.5, 0.6) is 0 Å². The molecule has 1 aromatic rings. The van der Waals surface area contributed by atoms with Crippen molar-refractivity contribution in [3.05, 3.63) is 22.6 Å². The summed E-state index contributed by atoms with van der Waals surface area (Å²) in [6.45, 7) is 3.99. The van der Waals surface area contributed by atoms with Gasteiger partial charge in [-0.25, -0.2) is 9.37 Å². The molecule has 0 aliphatic carbocycles. The molecule has 0 aliphatic heterocycles. The van der Waals surface area contributed by atoms with Crippen molar-refractivity contribution >= 4 is 21.7 Å². The van der Waals surface area contributed by atoms with Crippen LogP contribution in [0.25, 0.3) is 0 Å². The molecule has 0 saturated carbocycles. The van der Waals surface area contributed by atoms with Crippen molar-refractivity contribution in [3.63, 3.8) is 0 Å². The van der Waals surface area contributed by atoms with Gasteiger partial charge in [-0.3, -0.25) is 0 Å². The fraction of sp³-hybridized carbons (Fsp3) is 0.375.